The van der Waals surface area contributed by atoms with E-state index in [0.717, 1.165) is 0 Å². The van der Waals surface area contributed by atoms with E-state index in [-0.39, 0.29) is 119 Å². The van der Waals surface area contributed by atoms with Crippen LogP contribution in [0.3, 0.4) is 0 Å². The van der Waals surface area contributed by atoms with Crippen molar-refractivity contribution in [1.82, 2.24) is 15.5 Å². The number of benzene rings is 2. The second kappa shape index (κ2) is 29.2. The fourth-order valence-corrected chi connectivity index (χ4v) is 6.69. The molecule has 4 rings (SSSR count). The van der Waals surface area contributed by atoms with Gasteiger partial charge >= 0.3 is 24.1 Å². The van der Waals surface area contributed by atoms with Gasteiger partial charge in [-0.05, 0) is 35.4 Å². The van der Waals surface area contributed by atoms with Crippen LogP contribution in [-0.2, 0) is 65.6 Å². The third-order valence-electron chi connectivity index (χ3n) is 10.5. The minimum absolute atomic E-state index is 0.00140. The molecule has 0 aromatic heterocycles. The zero-order valence-corrected chi connectivity index (χ0v) is 38.6. The molecule has 0 saturated carbocycles. The highest BCUT2D eigenvalue weighted by atomic mass is 16.7. The predicted octanol–water partition coefficient (Wildman–Crippen LogP) is -5.65. The number of rotatable bonds is 29. The summed E-state index contributed by atoms with van der Waals surface area (Å²) in [5, 5.41) is 85.4. The Labute approximate surface area is 413 Å². The van der Waals surface area contributed by atoms with Crippen molar-refractivity contribution in [3.8, 4) is 11.5 Å². The van der Waals surface area contributed by atoms with Gasteiger partial charge < -0.3 is 115 Å². The molecule has 2 heterocycles. The fourth-order valence-electron chi connectivity index (χ4n) is 6.69. The van der Waals surface area contributed by atoms with Gasteiger partial charge in [0.1, 0.15) is 67.9 Å². The summed E-state index contributed by atoms with van der Waals surface area (Å²) in [6.07, 6.45) is -21.9. The van der Waals surface area contributed by atoms with Crippen LogP contribution in [0.1, 0.15) is 31.8 Å². The lowest BCUT2D eigenvalue weighted by atomic mass is 9.99. The van der Waals surface area contributed by atoms with Crippen molar-refractivity contribution in [2.45, 2.75) is 74.6 Å². The van der Waals surface area contributed by atoms with E-state index in [0.29, 0.717) is 0 Å². The Bertz CT molecular complexity index is 2050. The topological polar surface area (TPSA) is 479 Å². The minimum atomic E-state index is -2.01. The van der Waals surface area contributed by atoms with Gasteiger partial charge in [-0.2, -0.15) is 0 Å². The lowest BCUT2D eigenvalue weighted by Gasteiger charge is -2.38. The minimum Gasteiger partial charge on any atom is -0.479 e. The number of hydrogen-bond acceptors (Lipinski definition) is 24. The lowest BCUT2D eigenvalue weighted by molar-refractivity contribution is -0.271. The molecule has 10 atom stereocenters. The quantitative estimate of drug-likeness (QED) is 0.0267. The second-order valence-electron chi connectivity index (χ2n) is 15.6. The molecule has 2 aliphatic rings. The number of aliphatic hydroxyl groups is 6. The van der Waals surface area contributed by atoms with E-state index >= 15 is 0 Å². The Morgan fingerprint density at radius 2 is 0.986 bits per heavy atom. The Hall–Kier alpha value is -6.59. The van der Waals surface area contributed by atoms with Gasteiger partial charge in [-0.3, -0.25) is 14.4 Å². The van der Waals surface area contributed by atoms with Gasteiger partial charge in [0.05, 0.1) is 50.8 Å². The molecule has 0 spiro atoms. The monoisotopic (exact) mass is 1050 g/mol. The van der Waals surface area contributed by atoms with Crippen molar-refractivity contribution < 1.29 is 122 Å². The highest BCUT2D eigenvalue weighted by molar-refractivity contribution is 5.97. The normalized spacial score (nSPS) is 23.6. The Morgan fingerprint density at radius 1 is 0.562 bits per heavy atom. The van der Waals surface area contributed by atoms with Crippen molar-refractivity contribution in [2.24, 2.45) is 17.4 Å². The number of carboxylic acids is 2. The van der Waals surface area contributed by atoms with Crippen molar-refractivity contribution in [2.75, 3.05) is 72.4 Å². The van der Waals surface area contributed by atoms with E-state index < -0.39 is 103 Å². The number of carbonyl (C=O) groups excluding carboxylic acids is 5. The number of nitrogens with one attached hydrogen (secondary N) is 2. The fraction of sp³-hybridized carbons (Fsp3) is 0.548. The molecule has 2 aliphatic heterocycles. The standard InChI is InChI=1S/C42H58N6O25/c43-41(62)67-17-20-1-3-24(70-39-31(54)27(50)29(52)33(72-39)37(58)59)22(15-20)35(56)46-5-9-64-11-7-48(26(49)19-66-13-14-69-45)8-12-65-10-6-47-36(57)23-16-21(18-68-42(44)63)2-4-25(23)71-40-32(55)28(51)30(53)34(73-40)38(60)61/h1-4,15-16,27-34,39-40,50-55H,5-14,17-19,45H2,(H2,43,62)(H2,44,63)(H,46,56)(H,47,57)(H,58,59)(H,60,61)/t27-,28-,29-,30-,31+,32+,33-,34-,39+,40+/m0/s1. The summed E-state index contributed by atoms with van der Waals surface area (Å²) in [5.41, 5.74) is 10.2. The zero-order chi connectivity index (χ0) is 53.8. The van der Waals surface area contributed by atoms with Crippen LogP contribution in [0.25, 0.3) is 0 Å². The first kappa shape index (κ1) is 59.0. The smallest absolute Gasteiger partial charge is 0.404 e. The van der Waals surface area contributed by atoms with E-state index in [2.05, 4.69) is 15.5 Å². The number of amides is 5. The second-order valence-corrected chi connectivity index (χ2v) is 15.6. The van der Waals surface area contributed by atoms with E-state index in [9.17, 15) is 74.4 Å². The van der Waals surface area contributed by atoms with E-state index in [4.69, 9.17) is 60.0 Å². The largest absolute Gasteiger partial charge is 0.479 e. The first-order chi connectivity index (χ1) is 34.7. The van der Waals surface area contributed by atoms with Crippen molar-refractivity contribution in [3.63, 3.8) is 0 Å². The van der Waals surface area contributed by atoms with Gasteiger partial charge in [-0.1, -0.05) is 12.1 Å². The summed E-state index contributed by atoms with van der Waals surface area (Å²) in [5.74, 6) is -0.951. The van der Waals surface area contributed by atoms with Crippen molar-refractivity contribution in [1.29, 1.82) is 0 Å². The highest BCUT2D eigenvalue weighted by Crippen LogP contribution is 2.30. The van der Waals surface area contributed by atoms with E-state index in [1.54, 1.807) is 0 Å². The lowest BCUT2D eigenvalue weighted by Crippen LogP contribution is -2.61. The van der Waals surface area contributed by atoms with Gasteiger partial charge in [0.2, 0.25) is 18.5 Å². The molecule has 406 valence electrons. The van der Waals surface area contributed by atoms with Gasteiger partial charge in [0, 0.05) is 26.2 Å². The summed E-state index contributed by atoms with van der Waals surface area (Å²) >= 11 is 0. The van der Waals surface area contributed by atoms with Gasteiger partial charge in [-0.25, -0.2) is 25.1 Å². The van der Waals surface area contributed by atoms with Crippen LogP contribution in [0, 0.1) is 0 Å². The maximum absolute atomic E-state index is 13.4. The first-order valence-electron chi connectivity index (χ1n) is 21.9. The Morgan fingerprint density at radius 3 is 1.37 bits per heavy atom. The van der Waals surface area contributed by atoms with Crippen LogP contribution < -0.4 is 37.5 Å². The SMILES string of the molecule is NOCCOCC(=O)N(CCOCCNC(=O)c1cc(COC(N)=O)ccc1O[C@@H]1O[C@H](C(=O)O)[C@@H](O)[C@H](O)[C@H]1O)CCOCCNC(=O)c1cc(COC(N)=O)ccc1O[C@@H]1O[C@H](C(=O)O)[C@@H](O)[C@H](O)[C@H]1O. The van der Waals surface area contributed by atoms with Gasteiger partial charge in [-0.15, -0.1) is 0 Å². The van der Waals surface area contributed by atoms with Crippen molar-refractivity contribution in [3.05, 3.63) is 58.7 Å². The average Bonchev–Trinajstić information content (AvgIpc) is 3.35. The number of primary amides is 2. The van der Waals surface area contributed by atoms with Crippen LogP contribution in [0.4, 0.5) is 9.59 Å². The van der Waals surface area contributed by atoms with Crippen molar-refractivity contribution >= 4 is 41.8 Å². The molecule has 0 radical (unpaired) electrons. The molecule has 2 aromatic rings. The number of aliphatic hydroxyl groups excluding tert-OH is 6. The molecular formula is C42H58N6O25. The summed E-state index contributed by atoms with van der Waals surface area (Å²) < 4.78 is 47.7. The third-order valence-corrected chi connectivity index (χ3v) is 10.5. The van der Waals surface area contributed by atoms with Crippen LogP contribution in [-0.4, -0.2) is 221 Å². The van der Waals surface area contributed by atoms with Gasteiger partial charge in [0.15, 0.2) is 12.2 Å². The number of carboxylic acid groups (broad SMARTS) is 2. The molecule has 73 heavy (non-hydrogen) atoms. The first-order valence-corrected chi connectivity index (χ1v) is 21.9. The maximum atomic E-state index is 13.4. The molecule has 16 N–H and O–H groups in total. The molecule has 31 heteroatoms. The molecule has 2 fully saturated rings. The number of aliphatic carboxylic acids is 2. The Kier molecular flexibility index (Phi) is 23.6. The molecule has 2 saturated heterocycles. The predicted molar refractivity (Wildman–Crippen MR) is 235 cm³/mol. The maximum Gasteiger partial charge on any atom is 0.404 e. The number of carbonyl (C=O) groups is 7. The zero-order valence-electron chi connectivity index (χ0n) is 38.6. The van der Waals surface area contributed by atoms with Crippen LogP contribution in [0.2, 0.25) is 0 Å². The summed E-state index contributed by atoms with van der Waals surface area (Å²) in [6, 6.07) is 7.62. The molecular weight excluding hydrogens is 988 g/mol. The molecule has 31 nitrogen and oxygen atoms in total. The number of nitrogens with zero attached hydrogens (tertiary/aromatic N) is 1. The van der Waals surface area contributed by atoms with Crippen LogP contribution in [0.5, 0.6) is 11.5 Å². The molecule has 0 unspecified atom stereocenters. The summed E-state index contributed by atoms with van der Waals surface area (Å²) in [7, 11) is 0. The average molecular weight is 1050 g/mol. The Balaban J connectivity index is 1.31. The number of ether oxygens (including phenoxy) is 9. The highest BCUT2D eigenvalue weighted by Gasteiger charge is 2.49. The number of nitrogens with two attached hydrogens (primary N) is 3. The summed E-state index contributed by atoms with van der Waals surface area (Å²) in [4.78, 5) is 91.2. The third kappa shape index (κ3) is 17.8. The van der Waals surface area contributed by atoms with Gasteiger partial charge in [0.25, 0.3) is 11.8 Å². The van der Waals surface area contributed by atoms with E-state index in [1.165, 1.54) is 41.3 Å². The molecule has 0 bridgehead atoms. The molecule has 2 aromatic carbocycles. The number of hydrogen-bond donors (Lipinski definition) is 13. The van der Waals surface area contributed by atoms with Crippen LogP contribution >= 0.6 is 0 Å². The van der Waals surface area contributed by atoms with Crippen LogP contribution in [0.15, 0.2) is 36.4 Å². The summed E-state index contributed by atoms with van der Waals surface area (Å²) in [6.45, 7) is -1.76. The van der Waals surface area contributed by atoms with E-state index in [1.807, 2.05) is 0 Å². The molecule has 5 amide bonds. The molecule has 0 aliphatic carbocycles.